The van der Waals surface area contributed by atoms with Crippen LogP contribution in [0.5, 0.6) is 0 Å². The van der Waals surface area contributed by atoms with Crippen LogP contribution in [0.25, 0.3) is 0 Å². The van der Waals surface area contributed by atoms with Crippen molar-refractivity contribution in [2.24, 2.45) is 0 Å². The average molecular weight is 1210 g/mol. The van der Waals surface area contributed by atoms with Gasteiger partial charge in [-0.15, -0.1) is 0 Å². The number of aliphatic hydroxyl groups is 5. The summed E-state index contributed by atoms with van der Waals surface area (Å²) in [5, 5.41) is 54.4. The minimum Gasteiger partial charge on any atom is -0.466 e. The number of esters is 1. The zero-order valence-corrected chi connectivity index (χ0v) is 55.8. The third kappa shape index (κ3) is 52.2. The largest absolute Gasteiger partial charge is 0.466 e. The molecule has 0 radical (unpaired) electrons. The lowest BCUT2D eigenvalue weighted by molar-refractivity contribution is -0.302. The third-order valence-electron chi connectivity index (χ3n) is 17.1. The number of amides is 1. The lowest BCUT2D eigenvalue weighted by Gasteiger charge is -2.40. The Labute approximate surface area is 528 Å². The molecule has 11 heteroatoms. The van der Waals surface area contributed by atoms with Gasteiger partial charge in [-0.25, -0.2) is 0 Å². The standard InChI is InChI=1S/C75H137NO10/c1-3-5-7-9-11-13-15-39-43-47-51-55-59-63-71(80)84-64-60-56-52-48-44-41-38-36-34-32-30-28-26-24-22-20-18-16-17-19-21-23-25-27-29-31-33-35-37-40-42-46-50-54-58-62-70(79)76-67(66-85-75-74(83)73(82)72(81)69(65-77)86-75)68(78)61-57-53-49-45-14-12-10-8-6-4-2/h7,9,13,15,18,20,24,26,57,61,67-69,72-75,77-78,81-83H,3-6,8,10-12,14,16-17,19,21-23,25,27-56,58-60,62-66H2,1-2H3,(H,76,79)/b9-7-,15-13-,20-18-,26-24-,61-57+. The fourth-order valence-corrected chi connectivity index (χ4v) is 11.3. The van der Waals surface area contributed by atoms with Crippen LogP contribution < -0.4 is 5.32 Å². The highest BCUT2D eigenvalue weighted by atomic mass is 16.7. The monoisotopic (exact) mass is 1210 g/mol. The Kier molecular flexibility index (Phi) is 60.5. The van der Waals surface area contributed by atoms with Crippen LogP contribution in [0.3, 0.4) is 0 Å². The highest BCUT2D eigenvalue weighted by molar-refractivity contribution is 5.76. The summed E-state index contributed by atoms with van der Waals surface area (Å²) in [7, 11) is 0. The molecule has 0 bridgehead atoms. The smallest absolute Gasteiger partial charge is 0.305 e. The number of carbonyl (C=O) groups is 2. The second kappa shape index (κ2) is 63.9. The molecule has 1 aliphatic rings. The van der Waals surface area contributed by atoms with Gasteiger partial charge in [0, 0.05) is 12.8 Å². The number of hydrogen-bond acceptors (Lipinski definition) is 10. The maximum absolute atomic E-state index is 13.0. The van der Waals surface area contributed by atoms with Crippen LogP contribution >= 0.6 is 0 Å². The van der Waals surface area contributed by atoms with Gasteiger partial charge in [-0.1, -0.05) is 299 Å². The lowest BCUT2D eigenvalue weighted by Crippen LogP contribution is -2.60. The molecular weight excluding hydrogens is 1070 g/mol. The molecular formula is C75H137NO10. The molecule has 0 saturated carbocycles. The van der Waals surface area contributed by atoms with Gasteiger partial charge in [0.1, 0.15) is 24.4 Å². The summed E-state index contributed by atoms with van der Waals surface area (Å²) in [6.45, 7) is 4.28. The predicted molar refractivity (Wildman–Crippen MR) is 361 cm³/mol. The normalized spacial score (nSPS) is 18.2. The molecule has 1 aliphatic heterocycles. The maximum Gasteiger partial charge on any atom is 0.305 e. The molecule has 11 nitrogen and oxygen atoms in total. The van der Waals surface area contributed by atoms with E-state index in [4.69, 9.17) is 14.2 Å². The van der Waals surface area contributed by atoms with E-state index in [2.05, 4.69) is 67.8 Å². The molecule has 0 spiro atoms. The molecule has 1 fully saturated rings. The zero-order chi connectivity index (χ0) is 62.3. The van der Waals surface area contributed by atoms with Crippen molar-refractivity contribution in [2.45, 2.75) is 384 Å². The second-order valence-electron chi connectivity index (χ2n) is 25.3. The first-order chi connectivity index (χ1) is 42.2. The Balaban J connectivity index is 1.92. The molecule has 0 aromatic heterocycles. The highest BCUT2D eigenvalue weighted by Gasteiger charge is 2.44. The number of carbonyl (C=O) groups excluding carboxylic acids is 2. The number of aliphatic hydroxyl groups excluding tert-OH is 5. The van der Waals surface area contributed by atoms with Crippen LogP contribution in [0.4, 0.5) is 0 Å². The first-order valence-electron chi connectivity index (χ1n) is 36.6. The summed E-state index contributed by atoms with van der Waals surface area (Å²) in [5.41, 5.74) is 0. The number of ether oxygens (including phenoxy) is 3. The van der Waals surface area contributed by atoms with Crippen molar-refractivity contribution >= 4 is 11.9 Å². The molecule has 1 amide bonds. The van der Waals surface area contributed by atoms with Gasteiger partial charge < -0.3 is 45.1 Å². The van der Waals surface area contributed by atoms with Gasteiger partial charge in [0.15, 0.2) is 6.29 Å². The van der Waals surface area contributed by atoms with E-state index in [0.29, 0.717) is 19.4 Å². The highest BCUT2D eigenvalue weighted by Crippen LogP contribution is 2.23. The fraction of sp³-hybridized carbons (Fsp3) is 0.840. The van der Waals surface area contributed by atoms with E-state index in [1.165, 1.54) is 244 Å². The maximum atomic E-state index is 13.0. The van der Waals surface area contributed by atoms with Gasteiger partial charge in [-0.05, 0) is 89.9 Å². The van der Waals surface area contributed by atoms with E-state index in [9.17, 15) is 35.1 Å². The molecule has 6 N–H and O–H groups in total. The second-order valence-corrected chi connectivity index (χ2v) is 25.3. The third-order valence-corrected chi connectivity index (χ3v) is 17.1. The lowest BCUT2D eigenvalue weighted by atomic mass is 9.99. The SMILES string of the molecule is CCC/C=C\C/C=C\CCCCCCCC(=O)OCCCCCCCCCCCCC/C=C\C/C=C\CCCCCCCCCCCCCCCCCCCC(=O)NC(COC1OC(CO)C(O)C(O)C1O)C(O)/C=C/CCCCCCCCCC. The van der Waals surface area contributed by atoms with Crippen molar-refractivity contribution in [3.63, 3.8) is 0 Å². The molecule has 1 heterocycles. The van der Waals surface area contributed by atoms with Crippen LogP contribution in [-0.4, -0.2) is 100 Å². The molecule has 86 heavy (non-hydrogen) atoms. The molecule has 7 unspecified atom stereocenters. The zero-order valence-electron chi connectivity index (χ0n) is 55.8. The summed E-state index contributed by atoms with van der Waals surface area (Å²) >= 11 is 0. The molecule has 1 rings (SSSR count). The van der Waals surface area contributed by atoms with Gasteiger partial charge in [0.25, 0.3) is 0 Å². The van der Waals surface area contributed by atoms with Crippen LogP contribution in [0.15, 0.2) is 60.8 Å². The fourth-order valence-electron chi connectivity index (χ4n) is 11.3. The molecule has 502 valence electrons. The summed E-state index contributed by atoms with van der Waals surface area (Å²) in [5.74, 6) is -0.186. The van der Waals surface area contributed by atoms with Crippen molar-refractivity contribution in [2.75, 3.05) is 19.8 Å². The summed E-state index contributed by atoms with van der Waals surface area (Å²) in [6, 6.07) is -0.808. The van der Waals surface area contributed by atoms with Gasteiger partial charge >= 0.3 is 5.97 Å². The molecule has 7 atom stereocenters. The first-order valence-corrected chi connectivity index (χ1v) is 36.6. The van der Waals surface area contributed by atoms with Gasteiger partial charge in [-0.3, -0.25) is 9.59 Å². The Morgan fingerprint density at radius 3 is 1.22 bits per heavy atom. The number of nitrogens with one attached hydrogen (secondary N) is 1. The average Bonchev–Trinajstić information content (AvgIpc) is 2.58. The topological polar surface area (TPSA) is 175 Å². The summed E-state index contributed by atoms with van der Waals surface area (Å²) in [4.78, 5) is 25.1. The van der Waals surface area contributed by atoms with Crippen LogP contribution in [0, 0.1) is 0 Å². The van der Waals surface area contributed by atoms with E-state index in [0.717, 1.165) is 70.6 Å². The number of allylic oxidation sites excluding steroid dienone is 9. The first kappa shape index (κ1) is 81.4. The molecule has 0 aromatic carbocycles. The van der Waals surface area contributed by atoms with E-state index < -0.39 is 49.5 Å². The van der Waals surface area contributed by atoms with Crippen LogP contribution in [0.2, 0.25) is 0 Å². The van der Waals surface area contributed by atoms with Gasteiger partial charge in [0.05, 0.1) is 32.0 Å². The minimum atomic E-state index is -1.57. The van der Waals surface area contributed by atoms with E-state index >= 15 is 0 Å². The van der Waals surface area contributed by atoms with E-state index in [-0.39, 0.29) is 18.5 Å². The molecule has 0 aromatic rings. The van der Waals surface area contributed by atoms with Gasteiger partial charge in [0.2, 0.25) is 5.91 Å². The van der Waals surface area contributed by atoms with E-state index in [1.54, 1.807) is 6.08 Å². The number of hydrogen-bond donors (Lipinski definition) is 6. The predicted octanol–water partition coefficient (Wildman–Crippen LogP) is 18.9. The Bertz CT molecular complexity index is 1610. The number of rotatable bonds is 64. The van der Waals surface area contributed by atoms with Crippen LogP contribution in [0.1, 0.15) is 341 Å². The Hall–Kier alpha value is -2.64. The van der Waals surface area contributed by atoms with Crippen LogP contribution in [-0.2, 0) is 23.8 Å². The van der Waals surface area contributed by atoms with Crippen molar-refractivity contribution in [3.05, 3.63) is 60.8 Å². The summed E-state index contributed by atoms with van der Waals surface area (Å²) in [6.07, 6.45) is 75.2. The molecule has 0 aliphatic carbocycles. The van der Waals surface area contributed by atoms with Gasteiger partial charge in [-0.2, -0.15) is 0 Å². The van der Waals surface area contributed by atoms with E-state index in [1.807, 2.05) is 6.08 Å². The van der Waals surface area contributed by atoms with Crippen molar-refractivity contribution in [3.8, 4) is 0 Å². The van der Waals surface area contributed by atoms with Crippen molar-refractivity contribution in [1.29, 1.82) is 0 Å². The number of unbranched alkanes of at least 4 members (excludes halogenated alkanes) is 42. The molecule has 1 saturated heterocycles. The Morgan fingerprint density at radius 1 is 0.430 bits per heavy atom. The minimum absolute atomic E-state index is 0.00559. The van der Waals surface area contributed by atoms with Crippen molar-refractivity contribution in [1.82, 2.24) is 5.32 Å². The Morgan fingerprint density at radius 2 is 0.802 bits per heavy atom. The quantitative estimate of drug-likeness (QED) is 0.0195. The summed E-state index contributed by atoms with van der Waals surface area (Å²) < 4.78 is 16.7. The van der Waals surface area contributed by atoms with Crippen molar-refractivity contribution < 1.29 is 49.3 Å².